The lowest BCUT2D eigenvalue weighted by Gasteiger charge is -2.06. The summed E-state index contributed by atoms with van der Waals surface area (Å²) in [6.45, 7) is 0. The van der Waals surface area contributed by atoms with Gasteiger partial charge in [-0.1, -0.05) is 0 Å². The van der Waals surface area contributed by atoms with Crippen molar-refractivity contribution in [2.75, 3.05) is 0 Å². The van der Waals surface area contributed by atoms with E-state index in [0.717, 1.165) is 0 Å². The highest BCUT2D eigenvalue weighted by atomic mass is 32.1. The molecule has 16 heavy (non-hydrogen) atoms. The molecule has 8 heteroatoms. The Labute approximate surface area is 93.6 Å². The summed E-state index contributed by atoms with van der Waals surface area (Å²) in [7, 11) is 0. The van der Waals surface area contributed by atoms with Crippen LogP contribution in [0, 0.1) is 17.5 Å². The predicted molar refractivity (Wildman–Crippen MR) is 53.7 cm³/mol. The van der Waals surface area contributed by atoms with Crippen LogP contribution in [0.15, 0.2) is 12.1 Å². The van der Waals surface area contributed by atoms with Crippen LogP contribution in [-0.4, -0.2) is 11.0 Å². The van der Waals surface area contributed by atoms with Gasteiger partial charge in [0, 0.05) is 5.56 Å². The van der Waals surface area contributed by atoms with Gasteiger partial charge in [-0.3, -0.25) is 15.6 Å². The van der Waals surface area contributed by atoms with E-state index in [2.05, 4.69) is 17.6 Å². The number of nitrogens with two attached hydrogens (primary N) is 1. The summed E-state index contributed by atoms with van der Waals surface area (Å²) in [4.78, 5) is 11.2. The second kappa shape index (κ2) is 4.79. The van der Waals surface area contributed by atoms with Crippen molar-refractivity contribution in [1.29, 1.82) is 0 Å². The molecule has 4 N–H and O–H groups in total. The van der Waals surface area contributed by atoms with Gasteiger partial charge < -0.3 is 5.73 Å². The highest BCUT2D eigenvalue weighted by Gasteiger charge is 2.14. The summed E-state index contributed by atoms with van der Waals surface area (Å²) in [5.74, 6) is -5.45. The van der Waals surface area contributed by atoms with Crippen LogP contribution < -0.4 is 16.6 Å². The molecule has 0 aromatic heterocycles. The van der Waals surface area contributed by atoms with E-state index in [1.807, 2.05) is 5.43 Å². The molecule has 1 amide bonds. The Balaban J connectivity index is 2.88. The van der Waals surface area contributed by atoms with Crippen LogP contribution in [0.3, 0.4) is 0 Å². The van der Waals surface area contributed by atoms with Gasteiger partial charge in [-0.05, 0) is 24.4 Å². The fraction of sp³-hybridized carbons (Fsp3) is 0. The van der Waals surface area contributed by atoms with E-state index in [-0.39, 0.29) is 5.11 Å². The molecule has 0 radical (unpaired) electrons. The van der Waals surface area contributed by atoms with Crippen molar-refractivity contribution in [2.24, 2.45) is 5.73 Å². The van der Waals surface area contributed by atoms with Crippen LogP contribution >= 0.6 is 12.2 Å². The molecule has 0 fully saturated rings. The fourth-order valence-corrected chi connectivity index (χ4v) is 0.928. The summed E-state index contributed by atoms with van der Waals surface area (Å²) in [6.07, 6.45) is 0. The maximum Gasteiger partial charge on any atom is 0.269 e. The summed E-state index contributed by atoms with van der Waals surface area (Å²) in [5.41, 5.74) is 8.63. The summed E-state index contributed by atoms with van der Waals surface area (Å²) < 4.78 is 38.0. The molecule has 1 aromatic rings. The lowest BCUT2D eigenvalue weighted by molar-refractivity contribution is 0.0943. The Morgan fingerprint density at radius 2 is 1.69 bits per heavy atom. The van der Waals surface area contributed by atoms with E-state index < -0.39 is 28.9 Å². The van der Waals surface area contributed by atoms with E-state index in [0.29, 0.717) is 12.1 Å². The molecular formula is C8H6F3N3OS. The number of benzene rings is 1. The van der Waals surface area contributed by atoms with Gasteiger partial charge in [0.15, 0.2) is 22.6 Å². The van der Waals surface area contributed by atoms with Gasteiger partial charge in [-0.25, -0.2) is 13.2 Å². The number of hydrogen-bond donors (Lipinski definition) is 3. The first-order valence-corrected chi connectivity index (χ1v) is 4.33. The van der Waals surface area contributed by atoms with E-state index in [1.165, 1.54) is 0 Å². The first-order valence-electron chi connectivity index (χ1n) is 3.92. The van der Waals surface area contributed by atoms with Crippen molar-refractivity contribution in [2.45, 2.75) is 0 Å². The number of carbonyl (C=O) groups is 1. The lowest BCUT2D eigenvalue weighted by atomic mass is 10.2. The van der Waals surface area contributed by atoms with Crippen molar-refractivity contribution >= 4 is 23.2 Å². The van der Waals surface area contributed by atoms with Gasteiger partial charge in [0.1, 0.15) is 0 Å². The van der Waals surface area contributed by atoms with Gasteiger partial charge >= 0.3 is 0 Å². The van der Waals surface area contributed by atoms with Gasteiger partial charge in [-0.15, -0.1) is 0 Å². The molecule has 0 aliphatic heterocycles. The zero-order chi connectivity index (χ0) is 12.3. The van der Waals surface area contributed by atoms with Crippen LogP contribution in [0.5, 0.6) is 0 Å². The largest absolute Gasteiger partial charge is 0.375 e. The lowest BCUT2D eigenvalue weighted by Crippen LogP contribution is -2.44. The molecule has 0 atom stereocenters. The molecule has 0 heterocycles. The average Bonchev–Trinajstić information content (AvgIpc) is 2.21. The third kappa shape index (κ3) is 2.83. The number of halogens is 3. The average molecular weight is 249 g/mol. The Morgan fingerprint density at radius 1 is 1.19 bits per heavy atom. The maximum atomic E-state index is 12.7. The highest BCUT2D eigenvalue weighted by molar-refractivity contribution is 7.80. The molecule has 0 spiro atoms. The standard InChI is InChI=1S/C8H6F3N3OS/c9-4-1-3(2-5(10)6(4)11)7(15)13-14-8(12)16/h1-2H,(H,13,15)(H3,12,14,16). The normalized spacial score (nSPS) is 9.69. The molecule has 0 aliphatic rings. The molecule has 1 rings (SSSR count). The molecule has 4 nitrogen and oxygen atoms in total. The van der Waals surface area contributed by atoms with E-state index >= 15 is 0 Å². The molecule has 86 valence electrons. The van der Waals surface area contributed by atoms with Crippen molar-refractivity contribution < 1.29 is 18.0 Å². The van der Waals surface area contributed by atoms with Crippen LogP contribution in [-0.2, 0) is 0 Å². The zero-order valence-corrected chi connectivity index (χ0v) is 8.50. The minimum absolute atomic E-state index is 0.226. The molecule has 0 bridgehead atoms. The molecule has 0 unspecified atom stereocenters. The number of carbonyl (C=O) groups excluding carboxylic acids is 1. The Bertz CT molecular complexity index is 429. The van der Waals surface area contributed by atoms with E-state index in [9.17, 15) is 18.0 Å². The van der Waals surface area contributed by atoms with Crippen molar-refractivity contribution in [1.82, 2.24) is 10.9 Å². The quantitative estimate of drug-likeness (QED) is 0.387. The topological polar surface area (TPSA) is 67.2 Å². The molecule has 0 aliphatic carbocycles. The van der Waals surface area contributed by atoms with Crippen molar-refractivity contribution in [3.8, 4) is 0 Å². The Morgan fingerprint density at radius 3 is 2.12 bits per heavy atom. The summed E-state index contributed by atoms with van der Waals surface area (Å²) in [6, 6.07) is 1.10. The van der Waals surface area contributed by atoms with Crippen molar-refractivity contribution in [3.05, 3.63) is 35.1 Å². The fourth-order valence-electron chi connectivity index (χ4n) is 0.877. The SMILES string of the molecule is NC(=S)NNC(=O)c1cc(F)c(F)c(F)c1. The smallest absolute Gasteiger partial charge is 0.269 e. The monoisotopic (exact) mass is 249 g/mol. The molecular weight excluding hydrogens is 243 g/mol. The first kappa shape index (κ1) is 12.2. The predicted octanol–water partition coefficient (Wildman–Crippen LogP) is 0.582. The second-order valence-corrected chi connectivity index (χ2v) is 3.14. The summed E-state index contributed by atoms with van der Waals surface area (Å²) in [5, 5.41) is -0.226. The minimum Gasteiger partial charge on any atom is -0.375 e. The number of rotatable bonds is 1. The van der Waals surface area contributed by atoms with Crippen molar-refractivity contribution in [3.63, 3.8) is 0 Å². The summed E-state index contributed by atoms with van der Waals surface area (Å²) >= 11 is 4.38. The number of amides is 1. The highest BCUT2D eigenvalue weighted by Crippen LogP contribution is 2.13. The zero-order valence-electron chi connectivity index (χ0n) is 7.68. The first-order chi connectivity index (χ1) is 7.41. The Kier molecular flexibility index (Phi) is 3.67. The number of nitrogens with one attached hydrogen (secondary N) is 2. The van der Waals surface area contributed by atoms with Gasteiger partial charge in [0.2, 0.25) is 0 Å². The van der Waals surface area contributed by atoms with Gasteiger partial charge in [-0.2, -0.15) is 0 Å². The Hall–Kier alpha value is -1.83. The molecule has 1 aromatic carbocycles. The van der Waals surface area contributed by atoms with Crippen LogP contribution in [0.2, 0.25) is 0 Å². The van der Waals surface area contributed by atoms with E-state index in [1.54, 1.807) is 0 Å². The maximum absolute atomic E-state index is 12.7. The van der Waals surface area contributed by atoms with Crippen LogP contribution in [0.1, 0.15) is 10.4 Å². The number of hydrogen-bond acceptors (Lipinski definition) is 2. The molecule has 0 saturated carbocycles. The van der Waals surface area contributed by atoms with E-state index in [4.69, 9.17) is 5.73 Å². The van der Waals surface area contributed by atoms with Gasteiger partial charge in [0.25, 0.3) is 5.91 Å². The van der Waals surface area contributed by atoms with Crippen LogP contribution in [0.4, 0.5) is 13.2 Å². The van der Waals surface area contributed by atoms with Crippen LogP contribution in [0.25, 0.3) is 0 Å². The number of thiocarbonyl (C=S) groups is 1. The minimum atomic E-state index is -1.64. The second-order valence-electron chi connectivity index (χ2n) is 2.70. The van der Waals surface area contributed by atoms with Gasteiger partial charge in [0.05, 0.1) is 0 Å². The number of hydrazine groups is 1. The third-order valence-electron chi connectivity index (χ3n) is 1.55. The molecule has 0 saturated heterocycles. The third-order valence-corrected chi connectivity index (χ3v) is 1.65.